The molecule has 0 radical (unpaired) electrons. The van der Waals surface area contributed by atoms with Crippen molar-refractivity contribution in [2.75, 3.05) is 32.8 Å². The molecule has 19 heavy (non-hydrogen) atoms. The average molecular weight is 381 g/mol. The largest absolute Gasteiger partial charge is 0.396 e. The third kappa shape index (κ3) is 4.21. The van der Waals surface area contributed by atoms with E-state index in [2.05, 4.69) is 22.1 Å². The molecule has 0 amide bonds. The van der Waals surface area contributed by atoms with Crippen molar-refractivity contribution < 1.29 is 5.11 Å². The number of aliphatic hydroxyl groups is 1. The highest BCUT2D eigenvalue weighted by Gasteiger charge is 2.43. The fourth-order valence-electron chi connectivity index (χ4n) is 2.93. The molecule has 2 N–H and O–H groups in total. The van der Waals surface area contributed by atoms with Crippen molar-refractivity contribution in [1.82, 2.24) is 10.2 Å². The molecule has 1 atom stereocenters. The van der Waals surface area contributed by atoms with E-state index in [1.165, 1.54) is 32.2 Å². The van der Waals surface area contributed by atoms with E-state index in [-0.39, 0.29) is 36.5 Å². The monoisotopic (exact) mass is 381 g/mol. The Balaban J connectivity index is 0.00000180. The summed E-state index contributed by atoms with van der Waals surface area (Å²) in [6.45, 7) is 8.29. The van der Waals surface area contributed by atoms with Gasteiger partial charge in [-0.25, -0.2) is 0 Å². The van der Waals surface area contributed by atoms with Crippen LogP contribution in [0.3, 0.4) is 0 Å². The highest BCUT2D eigenvalue weighted by atomic mass is 127. The second-order valence-electron chi connectivity index (χ2n) is 6.01. The quantitative estimate of drug-likeness (QED) is 0.445. The summed E-state index contributed by atoms with van der Waals surface area (Å²) >= 11 is 0. The molecule has 5 heteroatoms. The number of aliphatic hydroxyl groups excluding tert-OH is 1. The summed E-state index contributed by atoms with van der Waals surface area (Å²) in [5.41, 5.74) is 0.610. The van der Waals surface area contributed by atoms with Gasteiger partial charge >= 0.3 is 0 Å². The Morgan fingerprint density at radius 2 is 2.16 bits per heavy atom. The van der Waals surface area contributed by atoms with Crippen LogP contribution in [0.1, 0.15) is 39.5 Å². The zero-order valence-electron chi connectivity index (χ0n) is 12.2. The standard InChI is InChI=1S/C14H27N3O.HI/c1-3-15-13(16-9-12(2)10-18)17-8-7-14(11-17)5-4-6-14;/h12,18H,3-11H2,1-2H3,(H,15,16);1H. The lowest BCUT2D eigenvalue weighted by atomic mass is 9.68. The van der Waals surface area contributed by atoms with E-state index in [9.17, 15) is 0 Å². The molecule has 1 aliphatic heterocycles. The van der Waals surface area contributed by atoms with E-state index in [1.807, 2.05) is 6.92 Å². The number of likely N-dealkylation sites (tertiary alicyclic amines) is 1. The smallest absolute Gasteiger partial charge is 0.193 e. The number of nitrogens with one attached hydrogen (secondary N) is 1. The number of nitrogens with zero attached hydrogens (tertiary/aromatic N) is 2. The molecule has 1 spiro atoms. The Kier molecular flexibility index (Phi) is 6.86. The third-order valence-corrected chi connectivity index (χ3v) is 4.35. The molecule has 112 valence electrons. The fraction of sp³-hybridized carbons (Fsp3) is 0.929. The normalized spacial score (nSPS) is 22.9. The molecule has 0 bridgehead atoms. The topological polar surface area (TPSA) is 47.9 Å². The van der Waals surface area contributed by atoms with Crippen molar-refractivity contribution in [3.8, 4) is 0 Å². The molecule has 4 nitrogen and oxygen atoms in total. The molecule has 1 saturated heterocycles. The molecule has 1 aliphatic carbocycles. The van der Waals surface area contributed by atoms with Crippen LogP contribution >= 0.6 is 24.0 Å². The Labute approximate surface area is 134 Å². The molecular weight excluding hydrogens is 353 g/mol. The second-order valence-corrected chi connectivity index (χ2v) is 6.01. The lowest BCUT2D eigenvalue weighted by Gasteiger charge is -2.38. The minimum atomic E-state index is 0. The number of hydrogen-bond acceptors (Lipinski definition) is 2. The van der Waals surface area contributed by atoms with Gasteiger partial charge in [-0.2, -0.15) is 0 Å². The third-order valence-electron chi connectivity index (χ3n) is 4.35. The summed E-state index contributed by atoms with van der Waals surface area (Å²) < 4.78 is 0. The number of aliphatic imine (C=N–C) groups is 1. The van der Waals surface area contributed by atoms with E-state index < -0.39 is 0 Å². The van der Waals surface area contributed by atoms with Gasteiger partial charge in [0.1, 0.15) is 0 Å². The Morgan fingerprint density at radius 1 is 1.42 bits per heavy atom. The van der Waals surface area contributed by atoms with Gasteiger partial charge in [0.25, 0.3) is 0 Å². The van der Waals surface area contributed by atoms with Crippen LogP contribution in [0.25, 0.3) is 0 Å². The van der Waals surface area contributed by atoms with Gasteiger partial charge < -0.3 is 15.3 Å². The van der Waals surface area contributed by atoms with E-state index in [0.29, 0.717) is 12.0 Å². The van der Waals surface area contributed by atoms with Crippen LogP contribution in [-0.2, 0) is 0 Å². The van der Waals surface area contributed by atoms with Crippen molar-refractivity contribution in [3.05, 3.63) is 0 Å². The second kappa shape index (κ2) is 7.67. The first-order valence-corrected chi connectivity index (χ1v) is 7.33. The maximum absolute atomic E-state index is 9.07. The molecule has 0 aromatic carbocycles. The molecule has 0 aromatic rings. The number of hydrogen-bond donors (Lipinski definition) is 2. The summed E-state index contributed by atoms with van der Waals surface area (Å²) in [6, 6.07) is 0. The molecule has 2 rings (SSSR count). The van der Waals surface area contributed by atoms with Crippen LogP contribution < -0.4 is 5.32 Å². The van der Waals surface area contributed by atoms with Gasteiger partial charge in [-0.1, -0.05) is 13.3 Å². The van der Waals surface area contributed by atoms with Crippen molar-refractivity contribution in [2.45, 2.75) is 39.5 Å². The van der Waals surface area contributed by atoms with Crippen LogP contribution in [0.2, 0.25) is 0 Å². The number of guanidine groups is 1. The van der Waals surface area contributed by atoms with Crippen LogP contribution in [0.5, 0.6) is 0 Å². The summed E-state index contributed by atoms with van der Waals surface area (Å²) in [5.74, 6) is 1.29. The first-order chi connectivity index (χ1) is 8.69. The lowest BCUT2D eigenvalue weighted by molar-refractivity contribution is 0.151. The van der Waals surface area contributed by atoms with E-state index in [0.717, 1.165) is 19.0 Å². The van der Waals surface area contributed by atoms with Gasteiger partial charge in [-0.05, 0) is 37.5 Å². The predicted molar refractivity (Wildman–Crippen MR) is 90.1 cm³/mol. The summed E-state index contributed by atoms with van der Waals surface area (Å²) in [6.07, 6.45) is 5.53. The van der Waals surface area contributed by atoms with Crippen LogP contribution in [0.15, 0.2) is 4.99 Å². The first kappa shape index (κ1) is 17.0. The van der Waals surface area contributed by atoms with E-state index in [1.54, 1.807) is 0 Å². The van der Waals surface area contributed by atoms with Gasteiger partial charge in [-0.3, -0.25) is 4.99 Å². The SMILES string of the molecule is CCNC(=NCC(C)CO)N1CCC2(CCC2)C1.I. The van der Waals surface area contributed by atoms with Crippen LogP contribution in [0, 0.1) is 11.3 Å². The van der Waals surface area contributed by atoms with Crippen molar-refractivity contribution in [3.63, 3.8) is 0 Å². The molecular formula is C14H28IN3O. The van der Waals surface area contributed by atoms with Gasteiger partial charge in [0.05, 0.1) is 0 Å². The predicted octanol–water partition coefficient (Wildman–Crippen LogP) is 2.07. The van der Waals surface area contributed by atoms with Gasteiger partial charge in [-0.15, -0.1) is 24.0 Å². The molecule has 1 saturated carbocycles. The van der Waals surface area contributed by atoms with Crippen LogP contribution in [-0.4, -0.2) is 48.8 Å². The Bertz CT molecular complexity index is 305. The zero-order valence-corrected chi connectivity index (χ0v) is 14.5. The van der Waals surface area contributed by atoms with Crippen molar-refractivity contribution >= 4 is 29.9 Å². The summed E-state index contributed by atoms with van der Waals surface area (Å²) in [5, 5.41) is 12.5. The van der Waals surface area contributed by atoms with Gasteiger partial charge in [0, 0.05) is 32.8 Å². The van der Waals surface area contributed by atoms with Crippen LogP contribution in [0.4, 0.5) is 0 Å². The van der Waals surface area contributed by atoms with Crippen molar-refractivity contribution in [1.29, 1.82) is 0 Å². The highest BCUT2D eigenvalue weighted by molar-refractivity contribution is 14.0. The highest BCUT2D eigenvalue weighted by Crippen LogP contribution is 2.47. The Morgan fingerprint density at radius 3 is 2.63 bits per heavy atom. The Hall–Kier alpha value is -0.0400. The molecule has 2 fully saturated rings. The first-order valence-electron chi connectivity index (χ1n) is 7.33. The maximum atomic E-state index is 9.07. The minimum Gasteiger partial charge on any atom is -0.396 e. The molecule has 1 unspecified atom stereocenters. The van der Waals surface area contributed by atoms with Crippen molar-refractivity contribution in [2.24, 2.45) is 16.3 Å². The molecule has 2 aliphatic rings. The van der Waals surface area contributed by atoms with E-state index in [4.69, 9.17) is 5.11 Å². The van der Waals surface area contributed by atoms with E-state index >= 15 is 0 Å². The number of halogens is 1. The fourth-order valence-corrected chi connectivity index (χ4v) is 2.93. The van der Waals surface area contributed by atoms with Gasteiger partial charge in [0.2, 0.25) is 0 Å². The average Bonchev–Trinajstić information content (AvgIpc) is 2.79. The summed E-state index contributed by atoms with van der Waals surface area (Å²) in [7, 11) is 0. The summed E-state index contributed by atoms with van der Waals surface area (Å²) in [4.78, 5) is 7.07. The van der Waals surface area contributed by atoms with Gasteiger partial charge in [0.15, 0.2) is 5.96 Å². The zero-order chi connectivity index (χ0) is 13.0. The maximum Gasteiger partial charge on any atom is 0.193 e. The lowest BCUT2D eigenvalue weighted by Crippen LogP contribution is -2.42. The number of rotatable bonds is 4. The molecule has 0 aromatic heterocycles. The minimum absolute atomic E-state index is 0. The molecule has 1 heterocycles.